The summed E-state index contributed by atoms with van der Waals surface area (Å²) in [6, 6.07) is 1.13. The number of nitrogens with one attached hydrogen (secondary N) is 1. The number of thiazole rings is 1. The molecule has 4 heteroatoms. The molecular formula is C15H25N3S. The van der Waals surface area contributed by atoms with Crippen LogP contribution in [0.2, 0.25) is 0 Å². The van der Waals surface area contributed by atoms with Crippen LogP contribution in [0.25, 0.3) is 0 Å². The predicted octanol–water partition coefficient (Wildman–Crippen LogP) is 2.55. The maximum absolute atomic E-state index is 5.00. The molecule has 3 nitrogen and oxygen atoms in total. The molecule has 19 heavy (non-hydrogen) atoms. The summed E-state index contributed by atoms with van der Waals surface area (Å²) in [6.45, 7) is 7.89. The van der Waals surface area contributed by atoms with Crippen molar-refractivity contribution in [2.75, 3.05) is 13.6 Å². The molecule has 2 unspecified atom stereocenters. The SMILES string of the molecule is CC(C)NC1(c2nc3c(s2)CCC3)CC(C)N(C)C1. The lowest BCUT2D eigenvalue weighted by Crippen LogP contribution is -2.47. The van der Waals surface area contributed by atoms with E-state index in [1.165, 1.54) is 36.4 Å². The fourth-order valence-electron chi connectivity index (χ4n) is 3.58. The second-order valence-electron chi connectivity index (χ2n) is 6.59. The minimum absolute atomic E-state index is 0.0807. The lowest BCUT2D eigenvalue weighted by molar-refractivity contribution is 0.285. The number of hydrogen-bond donors (Lipinski definition) is 1. The van der Waals surface area contributed by atoms with Crippen LogP contribution < -0.4 is 5.32 Å². The first kappa shape index (κ1) is 13.5. The summed E-state index contributed by atoms with van der Waals surface area (Å²) in [4.78, 5) is 9.00. The number of aromatic nitrogens is 1. The summed E-state index contributed by atoms with van der Waals surface area (Å²) in [7, 11) is 2.23. The number of likely N-dealkylation sites (N-methyl/N-ethyl adjacent to an activating group) is 1. The van der Waals surface area contributed by atoms with E-state index in [1.54, 1.807) is 4.88 Å². The molecule has 106 valence electrons. The van der Waals surface area contributed by atoms with E-state index in [4.69, 9.17) is 4.98 Å². The standard InChI is InChI=1S/C15H25N3S/c1-10(2)17-15(8-11(3)18(4)9-15)14-16-12-6-5-7-13(12)19-14/h10-11,17H,5-9H2,1-4H3. The van der Waals surface area contributed by atoms with Gasteiger partial charge < -0.3 is 10.2 Å². The summed E-state index contributed by atoms with van der Waals surface area (Å²) in [5, 5.41) is 5.16. The molecule has 0 saturated carbocycles. The Hall–Kier alpha value is -0.450. The van der Waals surface area contributed by atoms with E-state index in [-0.39, 0.29) is 5.54 Å². The molecule has 0 bridgehead atoms. The second-order valence-corrected chi connectivity index (χ2v) is 7.68. The zero-order chi connectivity index (χ0) is 13.6. The van der Waals surface area contributed by atoms with E-state index in [2.05, 4.69) is 38.0 Å². The molecule has 0 amide bonds. The topological polar surface area (TPSA) is 28.2 Å². The first-order valence-electron chi connectivity index (χ1n) is 7.47. The second kappa shape index (κ2) is 4.83. The molecule has 2 heterocycles. The molecule has 1 aliphatic carbocycles. The van der Waals surface area contributed by atoms with Crippen molar-refractivity contribution in [1.82, 2.24) is 15.2 Å². The Labute approximate surface area is 120 Å². The molecule has 1 saturated heterocycles. The molecule has 1 aromatic rings. The molecule has 3 rings (SSSR count). The van der Waals surface area contributed by atoms with Gasteiger partial charge in [-0.15, -0.1) is 11.3 Å². The van der Waals surface area contributed by atoms with Gasteiger partial charge in [-0.3, -0.25) is 0 Å². The summed E-state index contributed by atoms with van der Waals surface area (Å²) in [5.41, 5.74) is 1.46. The largest absolute Gasteiger partial charge is 0.302 e. The molecule has 1 fully saturated rings. The molecular weight excluding hydrogens is 254 g/mol. The van der Waals surface area contributed by atoms with Gasteiger partial charge in [-0.2, -0.15) is 0 Å². The first-order valence-corrected chi connectivity index (χ1v) is 8.29. The van der Waals surface area contributed by atoms with Gasteiger partial charge in [-0.05, 0) is 53.5 Å². The van der Waals surface area contributed by atoms with Gasteiger partial charge in [-0.1, -0.05) is 0 Å². The van der Waals surface area contributed by atoms with E-state index in [0.29, 0.717) is 12.1 Å². The monoisotopic (exact) mass is 279 g/mol. The van der Waals surface area contributed by atoms with E-state index < -0.39 is 0 Å². The Balaban J connectivity index is 1.94. The summed E-state index contributed by atoms with van der Waals surface area (Å²) < 4.78 is 0. The highest BCUT2D eigenvalue weighted by molar-refractivity contribution is 7.12. The van der Waals surface area contributed by atoms with Gasteiger partial charge in [0.15, 0.2) is 0 Å². The van der Waals surface area contributed by atoms with Crippen LogP contribution >= 0.6 is 11.3 Å². The van der Waals surface area contributed by atoms with Gasteiger partial charge in [0.25, 0.3) is 0 Å². The van der Waals surface area contributed by atoms with Crippen LogP contribution in [0.1, 0.15) is 49.2 Å². The highest BCUT2D eigenvalue weighted by atomic mass is 32.1. The van der Waals surface area contributed by atoms with Crippen molar-refractivity contribution in [3.63, 3.8) is 0 Å². The normalized spacial score (nSPS) is 31.3. The molecule has 1 aromatic heterocycles. The van der Waals surface area contributed by atoms with Crippen molar-refractivity contribution >= 4 is 11.3 Å². The fraction of sp³-hybridized carbons (Fsp3) is 0.800. The van der Waals surface area contributed by atoms with Crippen LogP contribution in [-0.2, 0) is 18.4 Å². The van der Waals surface area contributed by atoms with Crippen LogP contribution in [0.4, 0.5) is 0 Å². The van der Waals surface area contributed by atoms with E-state index >= 15 is 0 Å². The van der Waals surface area contributed by atoms with E-state index in [9.17, 15) is 0 Å². The van der Waals surface area contributed by atoms with Crippen molar-refractivity contribution in [1.29, 1.82) is 0 Å². The quantitative estimate of drug-likeness (QED) is 0.921. The number of likely N-dealkylation sites (tertiary alicyclic amines) is 1. The maximum Gasteiger partial charge on any atom is 0.115 e. The van der Waals surface area contributed by atoms with Gasteiger partial charge in [0.1, 0.15) is 5.01 Å². The van der Waals surface area contributed by atoms with Gasteiger partial charge >= 0.3 is 0 Å². The third kappa shape index (κ3) is 2.34. The van der Waals surface area contributed by atoms with Crippen LogP contribution in [0.3, 0.4) is 0 Å². The number of aryl methyl sites for hydroxylation is 2. The zero-order valence-electron chi connectivity index (χ0n) is 12.5. The van der Waals surface area contributed by atoms with Gasteiger partial charge in [0.2, 0.25) is 0 Å². The van der Waals surface area contributed by atoms with Crippen molar-refractivity contribution in [2.45, 2.75) is 64.1 Å². The molecule has 2 aliphatic rings. The predicted molar refractivity (Wildman–Crippen MR) is 80.8 cm³/mol. The van der Waals surface area contributed by atoms with Gasteiger partial charge in [0, 0.05) is 23.5 Å². The molecule has 0 aromatic carbocycles. The zero-order valence-corrected chi connectivity index (χ0v) is 13.3. The Morgan fingerprint density at radius 1 is 1.42 bits per heavy atom. The third-order valence-corrected chi connectivity index (χ3v) is 5.85. The van der Waals surface area contributed by atoms with Crippen LogP contribution in [-0.4, -0.2) is 35.6 Å². The van der Waals surface area contributed by atoms with Gasteiger partial charge in [-0.25, -0.2) is 4.98 Å². The third-order valence-electron chi connectivity index (χ3n) is 4.49. The average molecular weight is 279 g/mol. The molecule has 0 spiro atoms. The highest BCUT2D eigenvalue weighted by Gasteiger charge is 2.45. The van der Waals surface area contributed by atoms with Crippen molar-refractivity contribution in [2.24, 2.45) is 0 Å². The average Bonchev–Trinajstić information content (AvgIpc) is 2.92. The number of fused-ring (bicyclic) bond motifs is 1. The Morgan fingerprint density at radius 3 is 2.79 bits per heavy atom. The summed E-state index contributed by atoms with van der Waals surface area (Å²) >= 11 is 1.96. The number of hydrogen-bond acceptors (Lipinski definition) is 4. The molecule has 1 aliphatic heterocycles. The van der Waals surface area contributed by atoms with Crippen molar-refractivity contribution in [3.05, 3.63) is 15.6 Å². The minimum Gasteiger partial charge on any atom is -0.302 e. The van der Waals surface area contributed by atoms with E-state index in [0.717, 1.165) is 6.54 Å². The van der Waals surface area contributed by atoms with Crippen LogP contribution in [0.15, 0.2) is 0 Å². The van der Waals surface area contributed by atoms with Crippen LogP contribution in [0, 0.1) is 0 Å². The summed E-state index contributed by atoms with van der Waals surface area (Å²) in [5.74, 6) is 0. The number of nitrogens with zero attached hydrogens (tertiary/aromatic N) is 2. The Kier molecular flexibility index (Phi) is 3.44. The highest BCUT2D eigenvalue weighted by Crippen LogP contribution is 2.40. The molecule has 2 atom stereocenters. The number of rotatable bonds is 3. The Bertz CT molecular complexity index is 429. The van der Waals surface area contributed by atoms with Crippen LogP contribution in [0.5, 0.6) is 0 Å². The van der Waals surface area contributed by atoms with Crippen molar-refractivity contribution in [3.8, 4) is 0 Å². The fourth-order valence-corrected chi connectivity index (χ4v) is 4.88. The summed E-state index contributed by atoms with van der Waals surface area (Å²) in [6.07, 6.45) is 4.91. The minimum atomic E-state index is 0.0807. The molecule has 0 radical (unpaired) electrons. The van der Waals surface area contributed by atoms with E-state index in [1.807, 2.05) is 11.3 Å². The lowest BCUT2D eigenvalue weighted by atomic mass is 9.96. The Morgan fingerprint density at radius 2 is 2.21 bits per heavy atom. The first-order chi connectivity index (χ1) is 9.00. The smallest absolute Gasteiger partial charge is 0.115 e. The van der Waals surface area contributed by atoms with Gasteiger partial charge in [0.05, 0.1) is 11.2 Å². The lowest BCUT2D eigenvalue weighted by Gasteiger charge is -2.30. The maximum atomic E-state index is 5.00. The molecule has 1 N–H and O–H groups in total. The van der Waals surface area contributed by atoms with Crippen molar-refractivity contribution < 1.29 is 0 Å².